The third kappa shape index (κ3) is 8.77. The Bertz CT molecular complexity index is 491. The Balaban J connectivity index is 2.71. The van der Waals surface area contributed by atoms with Gasteiger partial charge in [0.2, 0.25) is 0 Å². The molecular formula is C20H33NO4. The van der Waals surface area contributed by atoms with Gasteiger partial charge in [-0.15, -0.1) is 0 Å². The molecule has 1 N–H and O–H groups in total. The van der Waals surface area contributed by atoms with Crippen molar-refractivity contribution in [1.29, 1.82) is 0 Å². The first-order valence-electron chi connectivity index (χ1n) is 9.39. The summed E-state index contributed by atoms with van der Waals surface area (Å²) in [6, 6.07) is 5.37. The highest BCUT2D eigenvalue weighted by Crippen LogP contribution is 2.29. The third-order valence-corrected chi connectivity index (χ3v) is 3.81. The molecule has 1 rings (SSSR count). The molecule has 5 nitrogen and oxygen atoms in total. The van der Waals surface area contributed by atoms with Crippen LogP contribution in [-0.4, -0.2) is 39.4 Å². The van der Waals surface area contributed by atoms with E-state index in [1.807, 2.05) is 6.07 Å². The van der Waals surface area contributed by atoms with Crippen LogP contribution in [0.15, 0.2) is 18.2 Å². The molecule has 0 fully saturated rings. The monoisotopic (exact) mass is 351 g/mol. The van der Waals surface area contributed by atoms with Crippen molar-refractivity contribution < 1.29 is 19.0 Å². The highest BCUT2D eigenvalue weighted by Gasteiger charge is 2.12. The maximum Gasteiger partial charge on any atom is 0.251 e. The number of rotatable bonds is 14. The van der Waals surface area contributed by atoms with Crippen molar-refractivity contribution in [3.8, 4) is 11.5 Å². The van der Waals surface area contributed by atoms with Crippen LogP contribution in [0.2, 0.25) is 0 Å². The number of nitrogens with one attached hydrogen (secondary N) is 1. The van der Waals surface area contributed by atoms with Gasteiger partial charge in [0, 0.05) is 19.2 Å². The molecule has 0 heterocycles. The van der Waals surface area contributed by atoms with Crippen LogP contribution in [-0.2, 0) is 4.74 Å². The summed E-state index contributed by atoms with van der Waals surface area (Å²) in [5, 5.41) is 2.82. The number of hydrogen-bond donors (Lipinski definition) is 1. The molecule has 0 radical (unpaired) electrons. The second-order valence-electron chi connectivity index (χ2n) is 6.02. The minimum absolute atomic E-state index is 0.131. The van der Waals surface area contributed by atoms with Gasteiger partial charge in [-0.3, -0.25) is 4.79 Å². The zero-order chi connectivity index (χ0) is 18.3. The summed E-state index contributed by atoms with van der Waals surface area (Å²) in [6.07, 6.45) is 6.59. The lowest BCUT2D eigenvalue weighted by Gasteiger charge is -2.14. The minimum atomic E-state index is -0.131. The van der Waals surface area contributed by atoms with Crippen LogP contribution in [0.5, 0.6) is 11.5 Å². The van der Waals surface area contributed by atoms with E-state index in [4.69, 9.17) is 14.2 Å². The molecule has 0 bridgehead atoms. The molecule has 0 unspecified atom stereocenters. The molecule has 0 aromatic heterocycles. The molecule has 0 aliphatic carbocycles. The number of ether oxygens (including phenoxy) is 3. The highest BCUT2D eigenvalue weighted by atomic mass is 16.5. The Morgan fingerprint density at radius 1 is 0.920 bits per heavy atom. The van der Waals surface area contributed by atoms with Crippen LogP contribution in [0.4, 0.5) is 0 Å². The van der Waals surface area contributed by atoms with Crippen LogP contribution in [0.25, 0.3) is 0 Å². The number of carbonyl (C=O) groups excluding carboxylic acids is 1. The first kappa shape index (κ1) is 21.3. The fraction of sp³-hybridized carbons (Fsp3) is 0.650. The molecule has 0 saturated carbocycles. The van der Waals surface area contributed by atoms with Crippen molar-refractivity contribution in [3.05, 3.63) is 23.8 Å². The van der Waals surface area contributed by atoms with Gasteiger partial charge in [0.1, 0.15) is 0 Å². The summed E-state index contributed by atoms with van der Waals surface area (Å²) in [5.74, 6) is 1.22. The number of methoxy groups -OCH3 is 1. The molecule has 0 atom stereocenters. The zero-order valence-corrected chi connectivity index (χ0v) is 15.9. The van der Waals surface area contributed by atoms with Crippen molar-refractivity contribution in [3.63, 3.8) is 0 Å². The molecule has 0 saturated heterocycles. The molecule has 142 valence electrons. The highest BCUT2D eigenvalue weighted by molar-refractivity contribution is 5.94. The lowest BCUT2D eigenvalue weighted by atomic mass is 10.2. The largest absolute Gasteiger partial charge is 0.490 e. The van der Waals surface area contributed by atoms with Crippen molar-refractivity contribution in [2.75, 3.05) is 33.5 Å². The molecule has 1 aromatic rings. The summed E-state index contributed by atoms with van der Waals surface area (Å²) in [5.41, 5.74) is 0.572. The number of carbonyl (C=O) groups is 1. The average Bonchev–Trinajstić information content (AvgIpc) is 2.63. The third-order valence-electron chi connectivity index (χ3n) is 3.81. The summed E-state index contributed by atoms with van der Waals surface area (Å²) in [4.78, 5) is 12.2. The van der Waals surface area contributed by atoms with Crippen molar-refractivity contribution >= 4 is 5.91 Å². The second kappa shape index (κ2) is 13.5. The van der Waals surface area contributed by atoms with E-state index >= 15 is 0 Å². The summed E-state index contributed by atoms with van der Waals surface area (Å²) < 4.78 is 16.7. The van der Waals surface area contributed by atoms with E-state index in [9.17, 15) is 4.79 Å². The Morgan fingerprint density at radius 3 is 2.16 bits per heavy atom. The van der Waals surface area contributed by atoms with Gasteiger partial charge in [-0.1, -0.05) is 39.5 Å². The van der Waals surface area contributed by atoms with Gasteiger partial charge in [0.25, 0.3) is 5.91 Å². The maximum atomic E-state index is 12.2. The van der Waals surface area contributed by atoms with E-state index in [2.05, 4.69) is 19.2 Å². The van der Waals surface area contributed by atoms with Crippen LogP contribution < -0.4 is 14.8 Å². The number of unbranched alkanes of at least 4 members (excludes halogenated alkanes) is 4. The molecule has 5 heteroatoms. The molecule has 25 heavy (non-hydrogen) atoms. The van der Waals surface area contributed by atoms with Gasteiger partial charge >= 0.3 is 0 Å². The number of amides is 1. The zero-order valence-electron chi connectivity index (χ0n) is 15.9. The standard InChI is InChI=1S/C20H33NO4/c1-4-6-8-13-24-18-11-10-17(20(22)21-12-15-23-3)16-19(18)25-14-9-7-5-2/h10-11,16H,4-9,12-15H2,1-3H3,(H,21,22). The topological polar surface area (TPSA) is 56.8 Å². The lowest BCUT2D eigenvalue weighted by Crippen LogP contribution is -2.26. The second-order valence-corrected chi connectivity index (χ2v) is 6.02. The van der Waals surface area contributed by atoms with E-state index in [-0.39, 0.29) is 5.91 Å². The summed E-state index contributed by atoms with van der Waals surface area (Å²) >= 11 is 0. The molecule has 0 aliphatic rings. The van der Waals surface area contributed by atoms with Gasteiger partial charge in [0.05, 0.1) is 19.8 Å². The Labute approximate surface area is 152 Å². The minimum Gasteiger partial charge on any atom is -0.490 e. The van der Waals surface area contributed by atoms with E-state index in [0.717, 1.165) is 38.5 Å². The molecule has 1 aromatic carbocycles. The Kier molecular flexibility index (Phi) is 11.5. The Morgan fingerprint density at radius 2 is 1.56 bits per heavy atom. The van der Waals surface area contributed by atoms with Crippen molar-refractivity contribution in [2.24, 2.45) is 0 Å². The summed E-state index contributed by atoms with van der Waals surface area (Å²) in [6.45, 7) is 6.60. The van der Waals surface area contributed by atoms with Crippen molar-refractivity contribution in [1.82, 2.24) is 5.32 Å². The fourth-order valence-corrected chi connectivity index (χ4v) is 2.32. The van der Waals surface area contributed by atoms with Gasteiger partial charge in [-0.2, -0.15) is 0 Å². The number of hydrogen-bond acceptors (Lipinski definition) is 4. The van der Waals surface area contributed by atoms with Crippen molar-refractivity contribution in [2.45, 2.75) is 52.4 Å². The van der Waals surface area contributed by atoms with Crippen LogP contribution in [0.3, 0.4) is 0 Å². The van der Waals surface area contributed by atoms with Gasteiger partial charge < -0.3 is 19.5 Å². The number of benzene rings is 1. The molecule has 0 spiro atoms. The smallest absolute Gasteiger partial charge is 0.251 e. The SMILES string of the molecule is CCCCCOc1ccc(C(=O)NCCOC)cc1OCCCCC. The summed E-state index contributed by atoms with van der Waals surface area (Å²) in [7, 11) is 1.61. The first-order valence-corrected chi connectivity index (χ1v) is 9.39. The van der Waals surface area contributed by atoms with Crippen LogP contribution in [0, 0.1) is 0 Å². The van der Waals surface area contributed by atoms with E-state index in [1.165, 1.54) is 0 Å². The predicted molar refractivity (Wildman–Crippen MR) is 101 cm³/mol. The molecule has 1 amide bonds. The normalized spacial score (nSPS) is 10.5. The first-order chi connectivity index (χ1) is 12.2. The average molecular weight is 351 g/mol. The molecule has 0 aliphatic heterocycles. The molecular weight excluding hydrogens is 318 g/mol. The van der Waals surface area contributed by atoms with Crippen LogP contribution in [0.1, 0.15) is 62.7 Å². The quantitative estimate of drug-likeness (QED) is 0.510. The maximum absolute atomic E-state index is 12.2. The lowest BCUT2D eigenvalue weighted by molar-refractivity contribution is 0.0936. The fourth-order valence-electron chi connectivity index (χ4n) is 2.32. The Hall–Kier alpha value is -1.75. The van der Waals surface area contributed by atoms with Gasteiger partial charge in [-0.05, 0) is 31.0 Å². The van der Waals surface area contributed by atoms with E-state index in [1.54, 1.807) is 19.2 Å². The van der Waals surface area contributed by atoms with E-state index in [0.29, 0.717) is 43.4 Å². The van der Waals surface area contributed by atoms with Gasteiger partial charge in [-0.25, -0.2) is 0 Å². The van der Waals surface area contributed by atoms with Crippen LogP contribution >= 0.6 is 0 Å². The predicted octanol–water partition coefficient (Wildman–Crippen LogP) is 4.20. The van der Waals surface area contributed by atoms with E-state index < -0.39 is 0 Å². The van der Waals surface area contributed by atoms with Gasteiger partial charge in [0.15, 0.2) is 11.5 Å².